The first kappa shape index (κ1) is 11.7. The average molecular weight is 221 g/mol. The van der Waals surface area contributed by atoms with Crippen LogP contribution in [0.2, 0.25) is 0 Å². The van der Waals surface area contributed by atoms with E-state index in [1.165, 1.54) is 12.0 Å². The lowest BCUT2D eigenvalue weighted by atomic mass is 9.49. The van der Waals surface area contributed by atoms with E-state index in [0.717, 1.165) is 17.1 Å². The Morgan fingerprint density at radius 2 is 2.06 bits per heavy atom. The van der Waals surface area contributed by atoms with Gasteiger partial charge in [-0.05, 0) is 30.1 Å². The van der Waals surface area contributed by atoms with Crippen LogP contribution in [-0.2, 0) is 0 Å². The van der Waals surface area contributed by atoms with E-state index in [2.05, 4.69) is 19.9 Å². The van der Waals surface area contributed by atoms with Crippen LogP contribution >= 0.6 is 0 Å². The first-order valence-electron chi connectivity index (χ1n) is 6.24. The molecular weight excluding hydrogens is 198 g/mol. The van der Waals surface area contributed by atoms with Gasteiger partial charge in [0.1, 0.15) is 0 Å². The average Bonchev–Trinajstić information content (AvgIpc) is 2.16. The lowest BCUT2D eigenvalue weighted by Crippen LogP contribution is -2.49. The van der Waals surface area contributed by atoms with Crippen molar-refractivity contribution in [2.75, 3.05) is 0 Å². The lowest BCUT2D eigenvalue weighted by Gasteiger charge is -2.55. The van der Waals surface area contributed by atoms with E-state index >= 15 is 0 Å². The molecular formula is C14H23NO. The van der Waals surface area contributed by atoms with E-state index < -0.39 is 0 Å². The monoisotopic (exact) mass is 221 g/mol. The molecule has 0 amide bonds. The third kappa shape index (κ3) is 1.68. The molecule has 2 nitrogen and oxygen atoms in total. The summed E-state index contributed by atoms with van der Waals surface area (Å²) in [5.74, 6) is 1.44. The molecule has 1 saturated carbocycles. The number of hydrogen-bond donors (Lipinski definition) is 0. The molecule has 0 aromatic carbocycles. The van der Waals surface area contributed by atoms with E-state index in [9.17, 15) is 5.21 Å². The molecule has 0 unspecified atom stereocenters. The van der Waals surface area contributed by atoms with Gasteiger partial charge < -0.3 is 5.21 Å². The molecule has 0 aromatic heterocycles. The Bertz CT molecular complexity index is 357. The number of hydrogen-bond acceptors (Lipinski definition) is 1. The fourth-order valence-corrected chi connectivity index (χ4v) is 2.87. The molecule has 0 radical (unpaired) electrons. The quantitative estimate of drug-likeness (QED) is 0.288. The summed E-state index contributed by atoms with van der Waals surface area (Å²) in [4.78, 5) is 0. The minimum Gasteiger partial charge on any atom is -0.623 e. The molecule has 90 valence electrons. The summed E-state index contributed by atoms with van der Waals surface area (Å²) in [7, 11) is 0. The Morgan fingerprint density at radius 1 is 1.44 bits per heavy atom. The van der Waals surface area contributed by atoms with Gasteiger partial charge in [-0.2, -0.15) is 0 Å². The molecule has 0 N–H and O–H groups in total. The summed E-state index contributed by atoms with van der Waals surface area (Å²) >= 11 is 0. The van der Waals surface area contributed by atoms with Gasteiger partial charge in [-0.25, -0.2) is 4.74 Å². The van der Waals surface area contributed by atoms with E-state index in [1.54, 1.807) is 0 Å². The van der Waals surface area contributed by atoms with Crippen LogP contribution in [0, 0.1) is 22.5 Å². The van der Waals surface area contributed by atoms with Crippen LogP contribution in [0.4, 0.5) is 0 Å². The Kier molecular flexibility index (Phi) is 2.45. The van der Waals surface area contributed by atoms with Crippen LogP contribution < -0.4 is 0 Å². The topological polar surface area (TPSA) is 26.1 Å². The zero-order chi connectivity index (χ0) is 12.1. The maximum Gasteiger partial charge on any atom is 0.178 e. The van der Waals surface area contributed by atoms with Crippen molar-refractivity contribution in [3.05, 3.63) is 16.9 Å². The Hall–Kier alpha value is -0.790. The van der Waals surface area contributed by atoms with Crippen LogP contribution in [0.25, 0.3) is 0 Å². The van der Waals surface area contributed by atoms with Crippen LogP contribution in [0.3, 0.4) is 0 Å². The van der Waals surface area contributed by atoms with E-state index in [4.69, 9.17) is 0 Å². The highest BCUT2D eigenvalue weighted by Crippen LogP contribution is 2.58. The highest BCUT2D eigenvalue weighted by Gasteiger charge is 2.51. The summed E-state index contributed by atoms with van der Waals surface area (Å²) < 4.78 is 1.10. The summed E-state index contributed by atoms with van der Waals surface area (Å²) in [5.41, 5.74) is 1.34. The molecule has 0 aliphatic heterocycles. The third-order valence-corrected chi connectivity index (χ3v) is 4.44. The van der Waals surface area contributed by atoms with E-state index in [-0.39, 0.29) is 5.54 Å². The molecule has 3 aliphatic rings. The zero-order valence-electron chi connectivity index (χ0n) is 11.1. The summed E-state index contributed by atoms with van der Waals surface area (Å²) in [5, 5.41) is 11.9. The molecule has 2 heteroatoms. The minimum absolute atomic E-state index is 0.328. The molecule has 0 aromatic rings. The van der Waals surface area contributed by atoms with Gasteiger partial charge in [0.15, 0.2) is 11.8 Å². The Labute approximate surface area is 98.6 Å². The van der Waals surface area contributed by atoms with Gasteiger partial charge in [-0.15, -0.1) is 0 Å². The van der Waals surface area contributed by atoms with Crippen molar-refractivity contribution in [1.82, 2.24) is 0 Å². The van der Waals surface area contributed by atoms with Crippen molar-refractivity contribution in [1.29, 1.82) is 0 Å². The van der Waals surface area contributed by atoms with Crippen molar-refractivity contribution >= 4 is 6.21 Å². The molecule has 0 heterocycles. The van der Waals surface area contributed by atoms with Crippen molar-refractivity contribution < 1.29 is 4.74 Å². The number of allylic oxidation sites excluding steroid dienone is 2. The molecule has 1 fully saturated rings. The van der Waals surface area contributed by atoms with Gasteiger partial charge in [-0.3, -0.25) is 0 Å². The highest BCUT2D eigenvalue weighted by atomic mass is 16.5. The molecule has 3 rings (SSSR count). The fraction of sp³-hybridized carbons (Fsp3) is 0.786. The van der Waals surface area contributed by atoms with Gasteiger partial charge in [0.2, 0.25) is 0 Å². The normalized spacial score (nSPS) is 33.1. The van der Waals surface area contributed by atoms with Gasteiger partial charge in [0.25, 0.3) is 0 Å². The lowest BCUT2D eigenvalue weighted by molar-refractivity contribution is -0.531. The van der Waals surface area contributed by atoms with Gasteiger partial charge in [-0.1, -0.05) is 19.9 Å². The fourth-order valence-electron chi connectivity index (χ4n) is 2.87. The predicted molar refractivity (Wildman–Crippen MR) is 67.5 cm³/mol. The second kappa shape index (κ2) is 3.35. The second-order valence-corrected chi connectivity index (χ2v) is 6.87. The molecule has 0 spiro atoms. The maximum atomic E-state index is 11.9. The highest BCUT2D eigenvalue weighted by molar-refractivity contribution is 5.76. The third-order valence-electron chi connectivity index (χ3n) is 4.44. The van der Waals surface area contributed by atoms with Crippen molar-refractivity contribution in [3.8, 4) is 0 Å². The summed E-state index contributed by atoms with van der Waals surface area (Å²) in [6.45, 7) is 10.5. The largest absolute Gasteiger partial charge is 0.623 e. The summed E-state index contributed by atoms with van der Waals surface area (Å²) in [6.07, 6.45) is 6.50. The first-order chi connectivity index (χ1) is 7.23. The standard InChI is InChI=1S/C14H23NO/c1-13(2,3)15(16)9-10-6-7-11-8-12(10)14(11,4)5/h6,9,11-12H,7-8H2,1-5H3/b15-9-/t11-,12-/m1/s1. The van der Waals surface area contributed by atoms with Crippen LogP contribution in [0.15, 0.2) is 11.6 Å². The van der Waals surface area contributed by atoms with Crippen molar-refractivity contribution in [2.24, 2.45) is 17.3 Å². The molecule has 3 aliphatic carbocycles. The maximum absolute atomic E-state index is 11.9. The molecule has 2 bridgehead atoms. The van der Waals surface area contributed by atoms with Crippen molar-refractivity contribution in [3.63, 3.8) is 0 Å². The van der Waals surface area contributed by atoms with Crippen molar-refractivity contribution in [2.45, 2.75) is 53.0 Å². The number of rotatable bonds is 1. The van der Waals surface area contributed by atoms with Crippen LogP contribution in [0.5, 0.6) is 0 Å². The number of hydroxylamine groups is 1. The van der Waals surface area contributed by atoms with Gasteiger partial charge >= 0.3 is 0 Å². The van der Waals surface area contributed by atoms with Gasteiger partial charge in [0.05, 0.1) is 0 Å². The van der Waals surface area contributed by atoms with E-state index in [0.29, 0.717) is 11.3 Å². The zero-order valence-corrected chi connectivity index (χ0v) is 11.1. The smallest absolute Gasteiger partial charge is 0.178 e. The number of nitrogens with zero attached hydrogens (tertiary/aromatic N) is 1. The SMILES string of the molecule is CC1(C)[C@@H]2CC=C(/C=[N+](\[O-])C(C)(C)C)[C@H]1C2. The predicted octanol–water partition coefficient (Wildman–Crippen LogP) is 3.36. The molecule has 2 atom stereocenters. The minimum atomic E-state index is -0.328. The van der Waals surface area contributed by atoms with Gasteiger partial charge in [0, 0.05) is 26.3 Å². The Balaban J connectivity index is 2.22. The first-order valence-corrected chi connectivity index (χ1v) is 6.24. The summed E-state index contributed by atoms with van der Waals surface area (Å²) in [6, 6.07) is 0. The second-order valence-electron chi connectivity index (χ2n) is 6.87. The Morgan fingerprint density at radius 3 is 2.50 bits per heavy atom. The van der Waals surface area contributed by atoms with E-state index in [1.807, 2.05) is 27.0 Å². The number of fused-ring (bicyclic) bond motifs is 1. The molecule has 16 heavy (non-hydrogen) atoms. The van der Waals surface area contributed by atoms with Crippen LogP contribution in [0.1, 0.15) is 47.5 Å². The van der Waals surface area contributed by atoms with Crippen LogP contribution in [-0.4, -0.2) is 16.5 Å². The molecule has 0 saturated heterocycles.